The number of hydrogen-bond donors (Lipinski definition) is 0. The summed E-state index contributed by atoms with van der Waals surface area (Å²) < 4.78 is 14.1. The first-order chi connectivity index (χ1) is 19.7. The number of ether oxygens (including phenoxy) is 2. The molecule has 41 heavy (non-hydrogen) atoms. The number of carbonyl (C=O) groups excluding carboxylic acids is 1. The molecule has 0 saturated heterocycles. The van der Waals surface area contributed by atoms with Crippen LogP contribution in [0.15, 0.2) is 86.2 Å². The molecule has 0 unspecified atom stereocenters. The van der Waals surface area contributed by atoms with Crippen LogP contribution in [0.3, 0.4) is 0 Å². The number of nitrogens with zero attached hydrogens (tertiary/aromatic N) is 2. The van der Waals surface area contributed by atoms with E-state index in [1.807, 2.05) is 62.4 Å². The average molecular weight is 652 g/mol. The van der Waals surface area contributed by atoms with Gasteiger partial charge < -0.3 is 9.47 Å². The molecule has 4 aromatic rings. The number of halogens is 2. The number of esters is 1. The Kier molecular flexibility index (Phi) is 8.63. The molecule has 0 fully saturated rings. The van der Waals surface area contributed by atoms with E-state index in [2.05, 4.69) is 27.0 Å². The van der Waals surface area contributed by atoms with Gasteiger partial charge >= 0.3 is 5.97 Å². The van der Waals surface area contributed by atoms with E-state index >= 15 is 0 Å². The van der Waals surface area contributed by atoms with E-state index in [4.69, 9.17) is 21.1 Å². The van der Waals surface area contributed by atoms with Crippen molar-refractivity contribution in [3.8, 4) is 5.75 Å². The average Bonchev–Trinajstić information content (AvgIpc) is 3.22. The number of allylic oxidation sites excluding steroid dienone is 1. The first-order valence-corrected chi connectivity index (χ1v) is 15.1. The van der Waals surface area contributed by atoms with Crippen molar-refractivity contribution >= 4 is 50.9 Å². The summed E-state index contributed by atoms with van der Waals surface area (Å²) in [4.78, 5) is 32.1. The number of aromatic nitrogens is 1. The highest BCUT2D eigenvalue weighted by molar-refractivity contribution is 9.10. The van der Waals surface area contributed by atoms with Crippen molar-refractivity contribution in [3.63, 3.8) is 0 Å². The third kappa shape index (κ3) is 6.10. The quantitative estimate of drug-likeness (QED) is 0.217. The second-order valence-corrected chi connectivity index (χ2v) is 12.1. The van der Waals surface area contributed by atoms with Gasteiger partial charge in [-0.25, -0.2) is 9.79 Å². The third-order valence-corrected chi connectivity index (χ3v) is 8.55. The van der Waals surface area contributed by atoms with Gasteiger partial charge in [0.1, 0.15) is 6.61 Å². The van der Waals surface area contributed by atoms with E-state index in [0.717, 1.165) is 27.8 Å². The molecule has 5 rings (SSSR count). The van der Waals surface area contributed by atoms with Crippen LogP contribution in [-0.2, 0) is 16.1 Å². The Hall–Kier alpha value is -3.46. The summed E-state index contributed by atoms with van der Waals surface area (Å²) in [6, 6.07) is 18.9. The summed E-state index contributed by atoms with van der Waals surface area (Å²) >= 11 is 11.5. The summed E-state index contributed by atoms with van der Waals surface area (Å²) in [6.07, 6.45) is 1.78. The maximum absolute atomic E-state index is 13.9. The predicted molar refractivity (Wildman–Crippen MR) is 166 cm³/mol. The Morgan fingerprint density at radius 2 is 1.85 bits per heavy atom. The number of aryl methyl sites for hydroxylation is 2. The van der Waals surface area contributed by atoms with Gasteiger partial charge in [-0.15, -0.1) is 0 Å². The SMILES string of the molecule is CCOC(=O)C1=C(C)N=c2s/c(=C/c3cc(Cl)c(OCc4cccc(C)c4)c(Br)c3)c(=O)n2[C@H]1c1ccc(C)cc1. The maximum Gasteiger partial charge on any atom is 0.338 e. The standard InChI is InChI=1S/C32H28BrClN2O4S/c1-5-39-31(38)27-20(4)35-32-36(28(27)23-11-9-18(2)10-12-23)30(37)26(41-32)16-22-14-24(33)29(25(34)15-22)40-17-21-8-6-7-19(3)13-21/h6-16,28H,5,17H2,1-4H3/b26-16+/t28-/m0/s1. The molecule has 1 aliphatic rings. The van der Waals surface area contributed by atoms with E-state index in [9.17, 15) is 9.59 Å². The summed E-state index contributed by atoms with van der Waals surface area (Å²) in [5.41, 5.74) is 5.44. The fraction of sp³-hybridized carbons (Fsp3) is 0.219. The normalized spacial score (nSPS) is 15.0. The van der Waals surface area contributed by atoms with Gasteiger partial charge in [-0.3, -0.25) is 9.36 Å². The Morgan fingerprint density at radius 3 is 2.54 bits per heavy atom. The molecule has 1 aliphatic heterocycles. The van der Waals surface area contributed by atoms with Crippen molar-refractivity contribution in [3.05, 3.63) is 129 Å². The van der Waals surface area contributed by atoms with Crippen LogP contribution < -0.4 is 19.6 Å². The number of carbonyl (C=O) groups is 1. The van der Waals surface area contributed by atoms with Crippen LogP contribution in [0, 0.1) is 13.8 Å². The van der Waals surface area contributed by atoms with Crippen molar-refractivity contribution in [2.75, 3.05) is 6.61 Å². The van der Waals surface area contributed by atoms with E-state index in [0.29, 0.717) is 42.5 Å². The lowest BCUT2D eigenvalue weighted by Gasteiger charge is -2.24. The number of rotatable bonds is 7. The van der Waals surface area contributed by atoms with Crippen LogP contribution >= 0.6 is 38.9 Å². The highest BCUT2D eigenvalue weighted by atomic mass is 79.9. The van der Waals surface area contributed by atoms with Crippen LogP contribution in [-0.4, -0.2) is 17.1 Å². The molecule has 6 nitrogen and oxygen atoms in total. The largest absolute Gasteiger partial charge is 0.486 e. The summed E-state index contributed by atoms with van der Waals surface area (Å²) in [5.74, 6) is 0.0476. The third-order valence-electron chi connectivity index (χ3n) is 6.69. The monoisotopic (exact) mass is 650 g/mol. The van der Waals surface area contributed by atoms with Gasteiger partial charge in [0.25, 0.3) is 5.56 Å². The van der Waals surface area contributed by atoms with Crippen molar-refractivity contribution in [2.24, 2.45) is 4.99 Å². The topological polar surface area (TPSA) is 69.9 Å². The fourth-order valence-corrected chi connectivity index (χ4v) is 6.80. The molecule has 0 radical (unpaired) electrons. The van der Waals surface area contributed by atoms with Crippen LogP contribution in [0.25, 0.3) is 6.08 Å². The van der Waals surface area contributed by atoms with E-state index in [1.165, 1.54) is 11.3 Å². The van der Waals surface area contributed by atoms with Crippen LogP contribution in [0.2, 0.25) is 5.02 Å². The number of fused-ring (bicyclic) bond motifs is 1. The van der Waals surface area contributed by atoms with Crippen molar-refractivity contribution in [1.82, 2.24) is 4.57 Å². The van der Waals surface area contributed by atoms with Gasteiger partial charge in [0, 0.05) is 0 Å². The minimum Gasteiger partial charge on any atom is -0.486 e. The van der Waals surface area contributed by atoms with E-state index in [-0.39, 0.29) is 12.2 Å². The number of benzene rings is 3. The number of hydrogen-bond acceptors (Lipinski definition) is 6. The van der Waals surface area contributed by atoms with Crippen LogP contribution in [0.1, 0.15) is 47.7 Å². The molecule has 9 heteroatoms. The van der Waals surface area contributed by atoms with Gasteiger partial charge in [-0.2, -0.15) is 0 Å². The first kappa shape index (κ1) is 29.0. The lowest BCUT2D eigenvalue weighted by atomic mass is 9.95. The molecule has 210 valence electrons. The second-order valence-electron chi connectivity index (χ2n) is 9.80. The van der Waals surface area contributed by atoms with Crippen LogP contribution in [0.5, 0.6) is 5.75 Å². The molecule has 0 bridgehead atoms. The molecule has 0 spiro atoms. The molecule has 0 amide bonds. The molecule has 0 saturated carbocycles. The highest BCUT2D eigenvalue weighted by Crippen LogP contribution is 2.35. The molecule has 2 heterocycles. The molecule has 0 aliphatic carbocycles. The van der Waals surface area contributed by atoms with Gasteiger partial charge in [-0.1, -0.05) is 82.6 Å². The van der Waals surface area contributed by atoms with Crippen LogP contribution in [0.4, 0.5) is 0 Å². The van der Waals surface area contributed by atoms with E-state index < -0.39 is 12.0 Å². The zero-order valence-corrected chi connectivity index (χ0v) is 26.2. The minimum atomic E-state index is -0.652. The zero-order chi connectivity index (χ0) is 29.3. The molecular weight excluding hydrogens is 624 g/mol. The maximum atomic E-state index is 13.9. The van der Waals surface area contributed by atoms with Crippen molar-refractivity contribution in [2.45, 2.75) is 40.3 Å². The fourth-order valence-electron chi connectivity index (χ4n) is 4.77. The number of thiazole rings is 1. The van der Waals surface area contributed by atoms with Crippen molar-refractivity contribution < 1.29 is 14.3 Å². The zero-order valence-electron chi connectivity index (χ0n) is 23.0. The second kappa shape index (κ2) is 12.2. The van der Waals surface area contributed by atoms with Gasteiger partial charge in [-0.05, 0) is 78.5 Å². The van der Waals surface area contributed by atoms with Gasteiger partial charge in [0.15, 0.2) is 10.6 Å². The Balaban J connectivity index is 1.55. The first-order valence-electron chi connectivity index (χ1n) is 13.1. The predicted octanol–water partition coefficient (Wildman–Crippen LogP) is 6.41. The Bertz CT molecular complexity index is 1830. The smallest absolute Gasteiger partial charge is 0.338 e. The minimum absolute atomic E-state index is 0.223. The molecule has 0 N–H and O–H groups in total. The molecule has 3 aromatic carbocycles. The summed E-state index contributed by atoms with van der Waals surface area (Å²) in [7, 11) is 0. The molecule has 1 aromatic heterocycles. The summed E-state index contributed by atoms with van der Waals surface area (Å²) in [5, 5.41) is 0.420. The van der Waals surface area contributed by atoms with E-state index in [1.54, 1.807) is 30.6 Å². The van der Waals surface area contributed by atoms with Crippen molar-refractivity contribution in [1.29, 1.82) is 0 Å². The van der Waals surface area contributed by atoms with Gasteiger partial charge in [0.05, 0.1) is 37.9 Å². The Morgan fingerprint density at radius 1 is 1.10 bits per heavy atom. The summed E-state index contributed by atoms with van der Waals surface area (Å²) in [6.45, 7) is 8.15. The lowest BCUT2D eigenvalue weighted by molar-refractivity contribution is -0.139. The van der Waals surface area contributed by atoms with Gasteiger partial charge in [0.2, 0.25) is 0 Å². The Labute approximate surface area is 255 Å². The molecule has 1 atom stereocenters. The molecular formula is C32H28BrClN2O4S. The highest BCUT2D eigenvalue weighted by Gasteiger charge is 2.33. The lowest BCUT2D eigenvalue weighted by Crippen LogP contribution is -2.39.